The first-order valence-corrected chi connectivity index (χ1v) is 13.0. The van der Waals surface area contributed by atoms with E-state index in [0.717, 1.165) is 36.1 Å². The summed E-state index contributed by atoms with van der Waals surface area (Å²) in [5.41, 5.74) is 2.90. The summed E-state index contributed by atoms with van der Waals surface area (Å²) in [4.78, 5) is 30.1. The summed E-state index contributed by atoms with van der Waals surface area (Å²) in [5.74, 6) is 1.96. The fraction of sp³-hybridized carbons (Fsp3) is 0.357. The molecule has 0 bridgehead atoms. The minimum atomic E-state index is 0.0634. The van der Waals surface area contributed by atoms with Crippen molar-refractivity contribution in [3.8, 4) is 11.5 Å². The summed E-state index contributed by atoms with van der Waals surface area (Å²) in [6.45, 7) is 1.65. The Morgan fingerprint density at radius 2 is 1.80 bits per heavy atom. The van der Waals surface area contributed by atoms with Crippen LogP contribution in [0.2, 0.25) is 0 Å². The molecule has 7 heteroatoms. The average molecular weight is 491 g/mol. The van der Waals surface area contributed by atoms with E-state index in [0.29, 0.717) is 31.2 Å². The minimum absolute atomic E-state index is 0.0634. The zero-order chi connectivity index (χ0) is 24.2. The summed E-state index contributed by atoms with van der Waals surface area (Å²) in [6, 6.07) is 18.0. The first kappa shape index (κ1) is 23.4. The molecule has 1 aromatic heterocycles. The average Bonchev–Trinajstić information content (AvgIpc) is 3.59. The number of likely N-dealkylation sites (tertiary alicyclic amines) is 1. The molecule has 5 rings (SSSR count). The molecule has 2 aromatic carbocycles. The van der Waals surface area contributed by atoms with Gasteiger partial charge < -0.3 is 19.3 Å². The predicted molar refractivity (Wildman–Crippen MR) is 136 cm³/mol. The third-order valence-corrected chi connectivity index (χ3v) is 7.79. The Balaban J connectivity index is 1.24. The summed E-state index contributed by atoms with van der Waals surface area (Å²) >= 11 is 1.54. The molecule has 0 N–H and O–H groups in total. The quantitative estimate of drug-likeness (QED) is 0.484. The van der Waals surface area contributed by atoms with Gasteiger partial charge in [0, 0.05) is 31.6 Å². The maximum Gasteiger partial charge on any atom is 0.254 e. The van der Waals surface area contributed by atoms with Gasteiger partial charge in [0.15, 0.2) is 11.5 Å². The van der Waals surface area contributed by atoms with Gasteiger partial charge in [0.1, 0.15) is 0 Å². The van der Waals surface area contributed by atoms with Gasteiger partial charge in [-0.3, -0.25) is 9.59 Å². The largest absolute Gasteiger partial charge is 0.454 e. The first-order valence-electron chi connectivity index (χ1n) is 12.1. The molecule has 35 heavy (non-hydrogen) atoms. The van der Waals surface area contributed by atoms with Crippen LogP contribution in [0, 0.1) is 5.92 Å². The van der Waals surface area contributed by atoms with Crippen LogP contribution in [0.15, 0.2) is 65.4 Å². The predicted octanol–water partition coefficient (Wildman–Crippen LogP) is 4.64. The smallest absolute Gasteiger partial charge is 0.254 e. The maximum atomic E-state index is 13.2. The number of thiophene rings is 1. The van der Waals surface area contributed by atoms with Crippen molar-refractivity contribution in [1.29, 1.82) is 0 Å². The molecule has 6 nitrogen and oxygen atoms in total. The van der Waals surface area contributed by atoms with Gasteiger partial charge in [-0.05, 0) is 59.9 Å². The molecule has 0 saturated carbocycles. The number of ether oxygens (including phenoxy) is 2. The van der Waals surface area contributed by atoms with Crippen molar-refractivity contribution in [3.05, 3.63) is 82.0 Å². The molecule has 0 radical (unpaired) electrons. The molecular weight excluding hydrogens is 460 g/mol. The molecule has 0 aliphatic carbocycles. The van der Waals surface area contributed by atoms with E-state index in [2.05, 4.69) is 12.1 Å². The van der Waals surface area contributed by atoms with E-state index in [4.69, 9.17) is 9.47 Å². The van der Waals surface area contributed by atoms with Crippen LogP contribution in [0.25, 0.3) is 0 Å². The molecule has 182 valence electrons. The van der Waals surface area contributed by atoms with Gasteiger partial charge >= 0.3 is 0 Å². The molecule has 0 spiro atoms. The Labute approximate surface area is 210 Å². The lowest BCUT2D eigenvalue weighted by atomic mass is 9.84. The van der Waals surface area contributed by atoms with Crippen LogP contribution in [-0.2, 0) is 17.6 Å². The molecule has 2 aliphatic heterocycles. The van der Waals surface area contributed by atoms with Crippen molar-refractivity contribution in [2.24, 2.45) is 5.92 Å². The second-order valence-electron chi connectivity index (χ2n) is 9.27. The molecule has 1 fully saturated rings. The lowest BCUT2D eigenvalue weighted by Crippen LogP contribution is -2.48. The molecule has 1 saturated heterocycles. The van der Waals surface area contributed by atoms with Crippen molar-refractivity contribution in [3.63, 3.8) is 0 Å². The second-order valence-corrected chi connectivity index (χ2v) is 10.0. The highest BCUT2D eigenvalue weighted by molar-refractivity contribution is 7.08. The Morgan fingerprint density at radius 1 is 1.03 bits per heavy atom. The Bertz CT molecular complexity index is 1160. The summed E-state index contributed by atoms with van der Waals surface area (Å²) in [6.07, 6.45) is 2.92. The first-order chi connectivity index (χ1) is 17.1. The molecule has 0 unspecified atom stereocenters. The third-order valence-electron chi connectivity index (χ3n) is 7.10. The SMILES string of the molecule is CN(C(=O)c1ccsc1)[C@H](Cc1ccccc1)C1CCN(C(=O)Cc2ccc3c(c2)OCO3)CC1. The molecule has 1 atom stereocenters. The molecule has 2 amide bonds. The van der Waals surface area contributed by atoms with Crippen molar-refractivity contribution in [1.82, 2.24) is 9.80 Å². The lowest BCUT2D eigenvalue weighted by Gasteiger charge is -2.40. The van der Waals surface area contributed by atoms with E-state index in [1.54, 1.807) is 11.3 Å². The highest BCUT2D eigenvalue weighted by atomic mass is 32.1. The maximum absolute atomic E-state index is 13.2. The highest BCUT2D eigenvalue weighted by Gasteiger charge is 2.33. The number of fused-ring (bicyclic) bond motifs is 1. The third kappa shape index (κ3) is 5.35. The zero-order valence-electron chi connectivity index (χ0n) is 19.9. The van der Waals surface area contributed by atoms with Crippen LogP contribution >= 0.6 is 11.3 Å². The van der Waals surface area contributed by atoms with Gasteiger partial charge in [0.25, 0.3) is 5.91 Å². The van der Waals surface area contributed by atoms with Crippen LogP contribution in [0.5, 0.6) is 11.5 Å². The second kappa shape index (κ2) is 10.5. The van der Waals surface area contributed by atoms with Gasteiger partial charge in [-0.2, -0.15) is 11.3 Å². The van der Waals surface area contributed by atoms with Gasteiger partial charge in [-0.1, -0.05) is 36.4 Å². The minimum Gasteiger partial charge on any atom is -0.454 e. The summed E-state index contributed by atoms with van der Waals surface area (Å²) in [7, 11) is 1.92. The van der Waals surface area contributed by atoms with Crippen LogP contribution in [0.4, 0.5) is 0 Å². The number of carbonyl (C=O) groups is 2. The summed E-state index contributed by atoms with van der Waals surface area (Å²) in [5, 5.41) is 3.85. The van der Waals surface area contributed by atoms with E-state index in [1.165, 1.54) is 5.56 Å². The normalized spacial score (nSPS) is 16.2. The van der Waals surface area contributed by atoms with Gasteiger partial charge in [0.2, 0.25) is 12.7 Å². The number of benzene rings is 2. The topological polar surface area (TPSA) is 59.1 Å². The number of hydrogen-bond donors (Lipinski definition) is 0. The van der Waals surface area contributed by atoms with Crippen molar-refractivity contribution < 1.29 is 19.1 Å². The Kier molecular flexibility index (Phi) is 7.04. The van der Waals surface area contributed by atoms with Crippen LogP contribution in [0.3, 0.4) is 0 Å². The number of amides is 2. The number of likely N-dealkylation sites (N-methyl/N-ethyl adjacent to an activating group) is 1. The molecule has 3 aromatic rings. The van der Waals surface area contributed by atoms with E-state index < -0.39 is 0 Å². The molecular formula is C28H30N2O4S. The lowest BCUT2D eigenvalue weighted by molar-refractivity contribution is -0.132. The van der Waals surface area contributed by atoms with E-state index in [9.17, 15) is 9.59 Å². The van der Waals surface area contributed by atoms with E-state index >= 15 is 0 Å². The Hall–Kier alpha value is -3.32. The van der Waals surface area contributed by atoms with E-state index in [1.807, 2.05) is 70.1 Å². The monoisotopic (exact) mass is 490 g/mol. The fourth-order valence-electron chi connectivity index (χ4n) is 5.09. The van der Waals surface area contributed by atoms with E-state index in [-0.39, 0.29) is 24.6 Å². The van der Waals surface area contributed by atoms with Crippen LogP contribution in [0.1, 0.15) is 34.3 Å². The number of hydrogen-bond acceptors (Lipinski definition) is 5. The van der Waals surface area contributed by atoms with Crippen LogP contribution < -0.4 is 9.47 Å². The van der Waals surface area contributed by atoms with Gasteiger partial charge in [-0.15, -0.1) is 0 Å². The Morgan fingerprint density at radius 3 is 2.54 bits per heavy atom. The molecule has 2 aliphatic rings. The van der Waals surface area contributed by atoms with Crippen molar-refractivity contribution in [2.75, 3.05) is 26.9 Å². The van der Waals surface area contributed by atoms with Gasteiger partial charge in [0.05, 0.1) is 12.0 Å². The number of carbonyl (C=O) groups excluding carboxylic acids is 2. The van der Waals surface area contributed by atoms with Crippen LogP contribution in [-0.4, -0.2) is 54.6 Å². The fourth-order valence-corrected chi connectivity index (χ4v) is 5.72. The number of nitrogens with zero attached hydrogens (tertiary/aromatic N) is 2. The standard InChI is InChI=1S/C28H30N2O4S/c1-29(28(32)23-11-14-35-18-23)24(15-20-5-3-2-4-6-20)22-9-12-30(13-10-22)27(31)17-21-7-8-25-26(16-21)34-19-33-25/h2-8,11,14,16,18,22,24H,9-10,12-13,15,17,19H2,1H3/t24-/m1/s1. The van der Waals surface area contributed by atoms with Crippen molar-refractivity contribution >= 4 is 23.2 Å². The number of piperidine rings is 1. The number of rotatable bonds is 7. The molecule has 3 heterocycles. The zero-order valence-corrected chi connectivity index (χ0v) is 20.7. The highest BCUT2D eigenvalue weighted by Crippen LogP contribution is 2.33. The van der Waals surface area contributed by atoms with Crippen molar-refractivity contribution in [2.45, 2.75) is 31.7 Å². The summed E-state index contributed by atoms with van der Waals surface area (Å²) < 4.78 is 10.8. The van der Waals surface area contributed by atoms with Gasteiger partial charge in [-0.25, -0.2) is 0 Å².